The molecule has 120 valence electrons. The fourth-order valence-electron chi connectivity index (χ4n) is 3.16. The molecule has 23 heavy (non-hydrogen) atoms. The Bertz CT molecular complexity index is 696. The second-order valence-corrected chi connectivity index (χ2v) is 6.36. The minimum Gasteiger partial charge on any atom is -0.372 e. The summed E-state index contributed by atoms with van der Waals surface area (Å²) in [4.78, 5) is 21.3. The van der Waals surface area contributed by atoms with Crippen LogP contribution in [0.2, 0.25) is 0 Å². The molecule has 0 fully saturated rings. The van der Waals surface area contributed by atoms with Crippen LogP contribution in [-0.4, -0.2) is 35.4 Å². The fraction of sp³-hybridized carbons (Fsp3) is 0.368. The molecular weight excluding hydrogens is 286 g/mol. The van der Waals surface area contributed by atoms with Crippen LogP contribution in [0.3, 0.4) is 0 Å². The number of anilines is 1. The largest absolute Gasteiger partial charge is 0.372 e. The van der Waals surface area contributed by atoms with Gasteiger partial charge in [0.15, 0.2) is 0 Å². The maximum Gasteiger partial charge on any atom is 0.227 e. The molecule has 3 rings (SSSR count). The Labute approximate surface area is 137 Å². The number of nitrogens with zero attached hydrogens (tertiary/aromatic N) is 3. The van der Waals surface area contributed by atoms with Crippen molar-refractivity contribution in [1.29, 1.82) is 0 Å². The lowest BCUT2D eigenvalue weighted by atomic mass is 10.1. The molecule has 4 nitrogen and oxygen atoms in total. The highest BCUT2D eigenvalue weighted by Gasteiger charge is 2.26. The highest BCUT2D eigenvalue weighted by Crippen LogP contribution is 2.26. The number of benzene rings is 1. The standard InChI is InChI=1S/C19H23N3O/c1-14-8-9-16(11-20-14)10-19(23)22-13-17-6-4-5-7-18(17)21(3)12-15(22)2/h4-9,11,15H,10,12-13H2,1-3H3. The van der Waals surface area contributed by atoms with Crippen LogP contribution in [0.4, 0.5) is 5.69 Å². The van der Waals surface area contributed by atoms with Crippen LogP contribution in [0.1, 0.15) is 23.7 Å². The Morgan fingerprint density at radius 3 is 2.78 bits per heavy atom. The maximum absolute atomic E-state index is 12.8. The van der Waals surface area contributed by atoms with Gasteiger partial charge in [0.1, 0.15) is 0 Å². The predicted molar refractivity (Wildman–Crippen MR) is 92.4 cm³/mol. The summed E-state index contributed by atoms with van der Waals surface area (Å²) < 4.78 is 0. The number of rotatable bonds is 2. The zero-order chi connectivity index (χ0) is 16.4. The summed E-state index contributed by atoms with van der Waals surface area (Å²) in [5.41, 5.74) is 4.36. The SMILES string of the molecule is Cc1ccc(CC(=O)N2Cc3ccccc3N(C)CC2C)cn1. The van der Waals surface area contributed by atoms with E-state index in [1.807, 2.05) is 30.0 Å². The summed E-state index contributed by atoms with van der Waals surface area (Å²) >= 11 is 0. The lowest BCUT2D eigenvalue weighted by Gasteiger charge is -2.28. The quantitative estimate of drug-likeness (QED) is 0.856. The van der Waals surface area contributed by atoms with Gasteiger partial charge in [-0.25, -0.2) is 0 Å². The molecule has 1 aromatic carbocycles. The molecule has 1 unspecified atom stereocenters. The molecule has 0 saturated heterocycles. The fourth-order valence-corrected chi connectivity index (χ4v) is 3.16. The zero-order valence-corrected chi connectivity index (χ0v) is 14.0. The molecule has 1 atom stereocenters. The molecule has 0 radical (unpaired) electrons. The molecule has 0 saturated carbocycles. The average molecular weight is 309 g/mol. The van der Waals surface area contributed by atoms with Gasteiger partial charge in [-0.15, -0.1) is 0 Å². The Hall–Kier alpha value is -2.36. The van der Waals surface area contributed by atoms with Crippen molar-refractivity contribution in [3.05, 3.63) is 59.4 Å². The van der Waals surface area contributed by atoms with Gasteiger partial charge in [-0.1, -0.05) is 24.3 Å². The van der Waals surface area contributed by atoms with E-state index >= 15 is 0 Å². The zero-order valence-electron chi connectivity index (χ0n) is 14.0. The van der Waals surface area contributed by atoms with Crippen molar-refractivity contribution in [3.8, 4) is 0 Å². The molecular formula is C19H23N3O. The molecule has 1 amide bonds. The van der Waals surface area contributed by atoms with Gasteiger partial charge in [0, 0.05) is 43.8 Å². The van der Waals surface area contributed by atoms with Gasteiger partial charge in [0.05, 0.1) is 6.42 Å². The van der Waals surface area contributed by atoms with Crippen LogP contribution in [0.5, 0.6) is 0 Å². The molecule has 0 spiro atoms. The van der Waals surface area contributed by atoms with Crippen LogP contribution in [0.15, 0.2) is 42.6 Å². The first-order chi connectivity index (χ1) is 11.0. The molecule has 0 aliphatic carbocycles. The summed E-state index contributed by atoms with van der Waals surface area (Å²) in [6, 6.07) is 12.4. The number of aryl methyl sites for hydroxylation is 1. The monoisotopic (exact) mass is 309 g/mol. The van der Waals surface area contributed by atoms with E-state index in [0.29, 0.717) is 13.0 Å². The predicted octanol–water partition coefficient (Wildman–Crippen LogP) is 2.80. The number of hydrogen-bond acceptors (Lipinski definition) is 3. The van der Waals surface area contributed by atoms with E-state index in [0.717, 1.165) is 17.8 Å². The second kappa shape index (κ2) is 6.41. The normalized spacial score (nSPS) is 17.6. The van der Waals surface area contributed by atoms with Crippen LogP contribution in [0.25, 0.3) is 0 Å². The molecule has 1 aliphatic heterocycles. The Kier molecular flexibility index (Phi) is 4.33. The third-order valence-electron chi connectivity index (χ3n) is 4.46. The summed E-state index contributed by atoms with van der Waals surface area (Å²) in [7, 11) is 2.09. The number of carbonyl (C=O) groups is 1. The highest BCUT2D eigenvalue weighted by atomic mass is 16.2. The molecule has 1 aromatic heterocycles. The van der Waals surface area contributed by atoms with Crippen molar-refractivity contribution in [3.63, 3.8) is 0 Å². The Morgan fingerprint density at radius 1 is 1.26 bits per heavy atom. The third-order valence-corrected chi connectivity index (χ3v) is 4.46. The molecule has 4 heteroatoms. The van der Waals surface area contributed by atoms with Gasteiger partial charge in [-0.05, 0) is 37.1 Å². The van der Waals surface area contributed by atoms with Gasteiger partial charge in [-0.3, -0.25) is 9.78 Å². The van der Waals surface area contributed by atoms with Crippen LogP contribution in [0, 0.1) is 6.92 Å². The van der Waals surface area contributed by atoms with E-state index in [1.165, 1.54) is 11.3 Å². The Balaban J connectivity index is 1.81. The van der Waals surface area contributed by atoms with Gasteiger partial charge in [-0.2, -0.15) is 0 Å². The van der Waals surface area contributed by atoms with E-state index in [-0.39, 0.29) is 11.9 Å². The van der Waals surface area contributed by atoms with E-state index in [1.54, 1.807) is 6.20 Å². The first-order valence-corrected chi connectivity index (χ1v) is 8.04. The van der Waals surface area contributed by atoms with E-state index in [2.05, 4.69) is 42.1 Å². The van der Waals surface area contributed by atoms with E-state index < -0.39 is 0 Å². The number of para-hydroxylation sites is 1. The van der Waals surface area contributed by atoms with Gasteiger partial charge in [0.2, 0.25) is 5.91 Å². The molecule has 1 aliphatic rings. The summed E-state index contributed by atoms with van der Waals surface area (Å²) in [5.74, 6) is 0.160. The Morgan fingerprint density at radius 2 is 2.04 bits per heavy atom. The second-order valence-electron chi connectivity index (χ2n) is 6.36. The number of amides is 1. The van der Waals surface area contributed by atoms with E-state index in [9.17, 15) is 4.79 Å². The number of pyridine rings is 1. The minimum atomic E-state index is 0.160. The van der Waals surface area contributed by atoms with Crippen LogP contribution < -0.4 is 4.90 Å². The molecule has 2 heterocycles. The van der Waals surface area contributed by atoms with Crippen LogP contribution >= 0.6 is 0 Å². The smallest absolute Gasteiger partial charge is 0.227 e. The lowest BCUT2D eigenvalue weighted by molar-refractivity contribution is -0.132. The molecule has 0 bridgehead atoms. The average Bonchev–Trinajstić information content (AvgIpc) is 2.66. The van der Waals surface area contributed by atoms with Crippen molar-refractivity contribution in [2.45, 2.75) is 32.9 Å². The summed E-state index contributed by atoms with van der Waals surface area (Å²) in [5, 5.41) is 0. The van der Waals surface area contributed by atoms with Gasteiger partial charge in [0.25, 0.3) is 0 Å². The van der Waals surface area contributed by atoms with Crippen molar-refractivity contribution in [2.75, 3.05) is 18.5 Å². The first kappa shape index (κ1) is 15.5. The minimum absolute atomic E-state index is 0.160. The molecule has 0 N–H and O–H groups in total. The number of likely N-dealkylation sites (N-methyl/N-ethyl adjacent to an activating group) is 1. The number of carbonyl (C=O) groups excluding carboxylic acids is 1. The van der Waals surface area contributed by atoms with E-state index in [4.69, 9.17) is 0 Å². The first-order valence-electron chi connectivity index (χ1n) is 8.04. The van der Waals surface area contributed by atoms with Crippen molar-refractivity contribution < 1.29 is 4.79 Å². The summed E-state index contributed by atoms with van der Waals surface area (Å²) in [6.45, 7) is 5.58. The van der Waals surface area contributed by atoms with Crippen molar-refractivity contribution >= 4 is 11.6 Å². The molecule has 2 aromatic rings. The summed E-state index contributed by atoms with van der Waals surface area (Å²) in [6.07, 6.45) is 2.21. The van der Waals surface area contributed by atoms with Crippen LogP contribution in [-0.2, 0) is 17.8 Å². The topological polar surface area (TPSA) is 36.4 Å². The van der Waals surface area contributed by atoms with Gasteiger partial charge >= 0.3 is 0 Å². The number of hydrogen-bond donors (Lipinski definition) is 0. The number of fused-ring (bicyclic) bond motifs is 1. The van der Waals surface area contributed by atoms with Gasteiger partial charge < -0.3 is 9.80 Å². The third kappa shape index (κ3) is 3.36. The maximum atomic E-state index is 12.8. The highest BCUT2D eigenvalue weighted by molar-refractivity contribution is 5.79. The van der Waals surface area contributed by atoms with Crippen molar-refractivity contribution in [1.82, 2.24) is 9.88 Å². The number of aromatic nitrogens is 1. The lowest BCUT2D eigenvalue weighted by Crippen LogP contribution is -2.42. The van der Waals surface area contributed by atoms with Crippen molar-refractivity contribution in [2.24, 2.45) is 0 Å².